The van der Waals surface area contributed by atoms with Crippen molar-refractivity contribution >= 4 is 26.8 Å². The van der Waals surface area contributed by atoms with E-state index in [0.29, 0.717) is 0 Å². The number of hydrogen-bond donors (Lipinski definition) is 2. The van der Waals surface area contributed by atoms with Crippen molar-refractivity contribution in [2.75, 3.05) is 0 Å². The van der Waals surface area contributed by atoms with Crippen LogP contribution >= 0.6 is 15.9 Å². The van der Waals surface area contributed by atoms with E-state index in [0.717, 1.165) is 15.4 Å². The van der Waals surface area contributed by atoms with Crippen LogP contribution in [0.1, 0.15) is 12.0 Å². The van der Waals surface area contributed by atoms with Crippen LogP contribution in [-0.2, 0) is 0 Å². The predicted molar refractivity (Wildman–Crippen MR) is 56.6 cm³/mol. The van der Waals surface area contributed by atoms with E-state index in [9.17, 15) is 0 Å². The first-order chi connectivity index (χ1) is 6.68. The maximum atomic E-state index is 8.98. The van der Waals surface area contributed by atoms with Crippen molar-refractivity contribution in [1.82, 2.24) is 4.98 Å². The Morgan fingerprint density at radius 2 is 1.93 bits per heavy atom. The van der Waals surface area contributed by atoms with Crippen molar-refractivity contribution in [3.8, 4) is 0 Å². The summed E-state index contributed by atoms with van der Waals surface area (Å²) < 4.78 is 0.811. The first-order valence-electron chi connectivity index (χ1n) is 4.10. The number of rotatable bonds is 1. The van der Waals surface area contributed by atoms with E-state index in [1.54, 1.807) is 6.07 Å². The highest BCUT2D eigenvalue weighted by atomic mass is 79.9. The fourth-order valence-electron chi connectivity index (χ4n) is 1.28. The molecule has 2 N–H and O–H groups in total. The number of hydrogen-bond acceptors (Lipinski definition) is 3. The van der Waals surface area contributed by atoms with Crippen LogP contribution in [0.15, 0.2) is 34.8 Å². The van der Waals surface area contributed by atoms with E-state index in [1.165, 1.54) is 0 Å². The largest absolute Gasteiger partial charge is 0.363 e. The predicted octanol–water partition coefficient (Wildman–Crippen LogP) is 1.98. The average molecular weight is 254 g/mol. The van der Waals surface area contributed by atoms with Crippen molar-refractivity contribution < 1.29 is 10.2 Å². The van der Waals surface area contributed by atoms with Crippen LogP contribution < -0.4 is 0 Å². The zero-order valence-corrected chi connectivity index (χ0v) is 8.77. The molecule has 0 aliphatic carbocycles. The Balaban J connectivity index is 2.72. The third kappa shape index (κ3) is 1.64. The summed E-state index contributed by atoms with van der Waals surface area (Å²) in [4.78, 5) is 4.11. The topological polar surface area (TPSA) is 53.4 Å². The van der Waals surface area contributed by atoms with E-state index in [4.69, 9.17) is 10.2 Å². The summed E-state index contributed by atoms with van der Waals surface area (Å²) in [7, 11) is 0. The van der Waals surface area contributed by atoms with Gasteiger partial charge in [-0.25, -0.2) is 4.98 Å². The summed E-state index contributed by atoms with van der Waals surface area (Å²) in [5.41, 5.74) is 0.987. The summed E-state index contributed by atoms with van der Waals surface area (Å²) in [6.45, 7) is 0. The molecule has 2 aromatic rings. The van der Waals surface area contributed by atoms with Crippen molar-refractivity contribution in [2.45, 2.75) is 6.29 Å². The van der Waals surface area contributed by atoms with E-state index in [-0.39, 0.29) is 5.69 Å². The van der Waals surface area contributed by atoms with Crippen molar-refractivity contribution in [3.05, 3.63) is 40.5 Å². The van der Waals surface area contributed by atoms with E-state index >= 15 is 0 Å². The van der Waals surface area contributed by atoms with Crippen LogP contribution in [0.5, 0.6) is 0 Å². The maximum absolute atomic E-state index is 8.98. The fraction of sp³-hybridized carbons (Fsp3) is 0.100. The molecule has 3 nitrogen and oxygen atoms in total. The highest BCUT2D eigenvalue weighted by Gasteiger charge is 2.08. The lowest BCUT2D eigenvalue weighted by Crippen LogP contribution is -1.98. The molecule has 0 aliphatic heterocycles. The van der Waals surface area contributed by atoms with E-state index in [1.807, 2.05) is 24.3 Å². The van der Waals surface area contributed by atoms with Crippen molar-refractivity contribution in [1.29, 1.82) is 0 Å². The molecular formula is C10H8BrNO2. The molecule has 1 heterocycles. The first kappa shape index (κ1) is 9.58. The zero-order chi connectivity index (χ0) is 10.1. The standard InChI is InChI=1S/C10H8BrNO2/c11-7-5-9(10(13)14)12-8-4-2-1-3-6(7)8/h1-5,10,13-14H. The minimum atomic E-state index is -1.53. The normalized spacial score (nSPS) is 11.1. The number of fused-ring (bicyclic) bond motifs is 1. The third-order valence-electron chi connectivity index (χ3n) is 1.95. The van der Waals surface area contributed by atoms with Gasteiger partial charge in [0.05, 0.1) is 11.2 Å². The fourth-order valence-corrected chi connectivity index (χ4v) is 1.85. The molecule has 0 radical (unpaired) electrons. The third-order valence-corrected chi connectivity index (χ3v) is 2.61. The molecule has 0 spiro atoms. The number of nitrogens with zero attached hydrogens (tertiary/aromatic N) is 1. The Labute approximate surface area is 89.2 Å². The molecule has 72 valence electrons. The summed E-state index contributed by atoms with van der Waals surface area (Å²) in [5.74, 6) is 0. The Bertz CT molecular complexity index is 471. The van der Waals surface area contributed by atoms with E-state index < -0.39 is 6.29 Å². The molecule has 0 atom stereocenters. The molecule has 0 unspecified atom stereocenters. The second-order valence-electron chi connectivity index (χ2n) is 2.92. The van der Waals surface area contributed by atoms with Crippen molar-refractivity contribution in [3.63, 3.8) is 0 Å². The number of aromatic nitrogens is 1. The van der Waals surface area contributed by atoms with Gasteiger partial charge in [-0.15, -0.1) is 0 Å². The van der Waals surface area contributed by atoms with Gasteiger partial charge in [-0.05, 0) is 12.1 Å². The van der Waals surface area contributed by atoms with Gasteiger partial charge in [-0.1, -0.05) is 34.1 Å². The molecule has 0 aliphatic rings. The van der Waals surface area contributed by atoms with Gasteiger partial charge in [-0.3, -0.25) is 0 Å². The van der Waals surface area contributed by atoms with Crippen LogP contribution in [-0.4, -0.2) is 15.2 Å². The Morgan fingerprint density at radius 3 is 2.64 bits per heavy atom. The molecule has 14 heavy (non-hydrogen) atoms. The Kier molecular flexibility index (Phi) is 2.50. The van der Waals surface area contributed by atoms with Gasteiger partial charge in [-0.2, -0.15) is 0 Å². The molecule has 0 saturated heterocycles. The van der Waals surface area contributed by atoms with Gasteiger partial charge in [0.25, 0.3) is 0 Å². The maximum Gasteiger partial charge on any atom is 0.196 e. The number of aliphatic hydroxyl groups excluding tert-OH is 1. The monoisotopic (exact) mass is 253 g/mol. The van der Waals surface area contributed by atoms with Crippen LogP contribution in [0.25, 0.3) is 10.9 Å². The Hall–Kier alpha value is -0.970. The van der Waals surface area contributed by atoms with Crippen LogP contribution in [0, 0.1) is 0 Å². The molecule has 4 heteroatoms. The lowest BCUT2D eigenvalue weighted by molar-refractivity contribution is -0.0456. The zero-order valence-electron chi connectivity index (χ0n) is 7.18. The second kappa shape index (κ2) is 3.65. The lowest BCUT2D eigenvalue weighted by Gasteiger charge is -2.06. The Morgan fingerprint density at radius 1 is 1.21 bits per heavy atom. The SMILES string of the molecule is OC(O)c1cc(Br)c2ccccc2n1. The lowest BCUT2D eigenvalue weighted by atomic mass is 10.2. The van der Waals surface area contributed by atoms with Crippen LogP contribution in [0.3, 0.4) is 0 Å². The summed E-state index contributed by atoms with van der Waals surface area (Å²) >= 11 is 3.35. The molecule has 0 saturated carbocycles. The smallest absolute Gasteiger partial charge is 0.196 e. The number of aliphatic hydroxyl groups is 2. The first-order valence-corrected chi connectivity index (χ1v) is 4.89. The number of para-hydroxylation sites is 1. The van der Waals surface area contributed by atoms with E-state index in [2.05, 4.69) is 20.9 Å². The summed E-state index contributed by atoms with van der Waals surface area (Å²) in [6.07, 6.45) is -1.53. The van der Waals surface area contributed by atoms with Gasteiger partial charge in [0, 0.05) is 9.86 Å². The molecule has 1 aromatic carbocycles. The van der Waals surface area contributed by atoms with Gasteiger partial charge in [0.15, 0.2) is 6.29 Å². The molecule has 0 fully saturated rings. The minimum absolute atomic E-state index is 0.246. The van der Waals surface area contributed by atoms with Crippen LogP contribution in [0.2, 0.25) is 0 Å². The van der Waals surface area contributed by atoms with Gasteiger partial charge in [0.2, 0.25) is 0 Å². The summed E-state index contributed by atoms with van der Waals surface area (Å²) in [5, 5.41) is 18.9. The molecular weight excluding hydrogens is 246 g/mol. The van der Waals surface area contributed by atoms with Crippen LogP contribution in [0.4, 0.5) is 0 Å². The second-order valence-corrected chi connectivity index (χ2v) is 3.77. The minimum Gasteiger partial charge on any atom is -0.363 e. The van der Waals surface area contributed by atoms with Gasteiger partial charge in [0.1, 0.15) is 0 Å². The molecule has 1 aromatic heterocycles. The highest BCUT2D eigenvalue weighted by Crippen LogP contribution is 2.24. The van der Waals surface area contributed by atoms with Gasteiger partial charge >= 0.3 is 0 Å². The number of benzene rings is 1. The quantitative estimate of drug-likeness (QED) is 0.765. The average Bonchev–Trinajstić information content (AvgIpc) is 2.17. The molecule has 2 rings (SSSR count). The number of halogens is 1. The molecule has 0 amide bonds. The summed E-state index contributed by atoms with van der Waals surface area (Å²) in [6, 6.07) is 9.11. The van der Waals surface area contributed by atoms with Gasteiger partial charge < -0.3 is 10.2 Å². The molecule has 0 bridgehead atoms. The van der Waals surface area contributed by atoms with Crippen molar-refractivity contribution in [2.24, 2.45) is 0 Å². The highest BCUT2D eigenvalue weighted by molar-refractivity contribution is 9.10. The number of pyridine rings is 1.